The molecule has 3 N–H and O–H groups in total. The first-order valence-corrected chi connectivity index (χ1v) is 6.71. The molecule has 3 aromatic rings. The Bertz CT molecular complexity index is 754. The highest BCUT2D eigenvalue weighted by molar-refractivity contribution is 5.83. The Labute approximate surface area is 123 Å². The van der Waals surface area contributed by atoms with Gasteiger partial charge in [-0.2, -0.15) is 0 Å². The molecule has 0 fully saturated rings. The Morgan fingerprint density at radius 3 is 2.19 bits per heavy atom. The Hall–Kier alpha value is -2.81. The largest absolute Gasteiger partial charge is 0.395 e. The minimum absolute atomic E-state index is 0.125. The quantitative estimate of drug-likeness (QED) is 0.674. The van der Waals surface area contributed by atoms with Crippen LogP contribution in [-0.4, -0.2) is 0 Å². The fourth-order valence-electron chi connectivity index (χ4n) is 2.25. The van der Waals surface area contributed by atoms with Gasteiger partial charge >= 0.3 is 0 Å². The maximum absolute atomic E-state index is 13.5. The first kappa shape index (κ1) is 13.2. The molecule has 3 aromatic carbocycles. The van der Waals surface area contributed by atoms with Gasteiger partial charge in [-0.3, -0.25) is 0 Å². The molecule has 0 aromatic heterocycles. The fraction of sp³-hybridized carbons (Fsp3) is 0. The summed E-state index contributed by atoms with van der Waals surface area (Å²) in [6.07, 6.45) is 0. The van der Waals surface area contributed by atoms with E-state index in [9.17, 15) is 4.39 Å². The van der Waals surface area contributed by atoms with E-state index in [-0.39, 0.29) is 5.69 Å². The molecule has 0 aliphatic heterocycles. The predicted molar refractivity (Wildman–Crippen MR) is 86.0 cm³/mol. The molecule has 104 valence electrons. The van der Waals surface area contributed by atoms with Crippen LogP contribution in [0.2, 0.25) is 0 Å². The number of hydrogen-bond donors (Lipinski definition) is 2. The number of benzene rings is 3. The van der Waals surface area contributed by atoms with Gasteiger partial charge in [0, 0.05) is 11.3 Å². The molecular weight excluding hydrogens is 263 g/mol. The lowest BCUT2D eigenvalue weighted by Crippen LogP contribution is -1.99. The predicted octanol–water partition coefficient (Wildman–Crippen LogP) is 4.82. The van der Waals surface area contributed by atoms with Crippen LogP contribution in [0.4, 0.5) is 21.5 Å². The van der Waals surface area contributed by atoms with E-state index in [0.29, 0.717) is 5.69 Å². The van der Waals surface area contributed by atoms with Crippen molar-refractivity contribution in [1.82, 2.24) is 0 Å². The fourth-order valence-corrected chi connectivity index (χ4v) is 2.25. The Balaban J connectivity index is 2.02. The summed E-state index contributed by atoms with van der Waals surface area (Å²) in [5.41, 5.74) is 9.50. The smallest absolute Gasteiger partial charge is 0.148 e. The molecule has 0 amide bonds. The molecule has 0 aliphatic rings. The summed E-state index contributed by atoms with van der Waals surface area (Å²) in [6, 6.07) is 22.7. The SMILES string of the molecule is Nc1c(F)cccc1Nc1ccccc1-c1ccccc1. The molecule has 3 rings (SSSR count). The van der Waals surface area contributed by atoms with Crippen molar-refractivity contribution in [1.29, 1.82) is 0 Å². The summed E-state index contributed by atoms with van der Waals surface area (Å²) >= 11 is 0. The molecule has 0 saturated heterocycles. The topological polar surface area (TPSA) is 38.0 Å². The number of nitrogens with one attached hydrogen (secondary N) is 1. The molecular formula is C18H15FN2. The van der Waals surface area contributed by atoms with Gasteiger partial charge < -0.3 is 11.1 Å². The highest BCUT2D eigenvalue weighted by Gasteiger charge is 2.08. The third-order valence-corrected chi connectivity index (χ3v) is 3.33. The first-order valence-electron chi connectivity index (χ1n) is 6.71. The zero-order chi connectivity index (χ0) is 14.7. The van der Waals surface area contributed by atoms with Gasteiger partial charge in [0.25, 0.3) is 0 Å². The number of anilines is 3. The summed E-state index contributed by atoms with van der Waals surface area (Å²) in [4.78, 5) is 0. The van der Waals surface area contributed by atoms with Gasteiger partial charge in [-0.25, -0.2) is 4.39 Å². The van der Waals surface area contributed by atoms with E-state index in [2.05, 4.69) is 5.32 Å². The van der Waals surface area contributed by atoms with E-state index in [1.54, 1.807) is 12.1 Å². The van der Waals surface area contributed by atoms with Crippen LogP contribution in [0.3, 0.4) is 0 Å². The van der Waals surface area contributed by atoms with Crippen molar-refractivity contribution in [2.75, 3.05) is 11.1 Å². The zero-order valence-corrected chi connectivity index (χ0v) is 11.4. The van der Waals surface area contributed by atoms with Crippen LogP contribution in [0.1, 0.15) is 0 Å². The molecule has 0 bridgehead atoms. The number of para-hydroxylation sites is 2. The lowest BCUT2D eigenvalue weighted by atomic mass is 10.0. The van der Waals surface area contributed by atoms with Crippen molar-refractivity contribution in [2.45, 2.75) is 0 Å². The minimum Gasteiger partial charge on any atom is -0.395 e. The third-order valence-electron chi connectivity index (χ3n) is 3.33. The van der Waals surface area contributed by atoms with Crippen molar-refractivity contribution >= 4 is 17.1 Å². The molecule has 0 saturated carbocycles. The Morgan fingerprint density at radius 1 is 0.714 bits per heavy atom. The second-order valence-electron chi connectivity index (χ2n) is 4.74. The maximum atomic E-state index is 13.5. The van der Waals surface area contributed by atoms with E-state index < -0.39 is 5.82 Å². The molecule has 21 heavy (non-hydrogen) atoms. The van der Waals surface area contributed by atoms with Crippen LogP contribution in [0.5, 0.6) is 0 Å². The first-order chi connectivity index (χ1) is 10.3. The number of hydrogen-bond acceptors (Lipinski definition) is 2. The summed E-state index contributed by atoms with van der Waals surface area (Å²) in [6.45, 7) is 0. The molecule has 0 spiro atoms. The van der Waals surface area contributed by atoms with Crippen LogP contribution in [-0.2, 0) is 0 Å². The molecule has 0 aliphatic carbocycles. The molecule has 0 radical (unpaired) electrons. The van der Waals surface area contributed by atoms with Gasteiger partial charge in [0.1, 0.15) is 5.82 Å². The van der Waals surface area contributed by atoms with Crippen molar-refractivity contribution in [3.8, 4) is 11.1 Å². The van der Waals surface area contributed by atoms with Gasteiger partial charge in [0.15, 0.2) is 0 Å². The van der Waals surface area contributed by atoms with Crippen molar-refractivity contribution in [2.24, 2.45) is 0 Å². The number of rotatable bonds is 3. The molecule has 2 nitrogen and oxygen atoms in total. The summed E-state index contributed by atoms with van der Waals surface area (Å²) in [5, 5.41) is 3.22. The molecule has 0 unspecified atom stereocenters. The summed E-state index contributed by atoms with van der Waals surface area (Å²) in [5.74, 6) is -0.419. The van der Waals surface area contributed by atoms with Crippen molar-refractivity contribution < 1.29 is 4.39 Å². The normalized spacial score (nSPS) is 10.3. The van der Waals surface area contributed by atoms with Crippen molar-refractivity contribution in [3.05, 3.63) is 78.6 Å². The van der Waals surface area contributed by atoms with Crippen LogP contribution in [0.15, 0.2) is 72.8 Å². The molecule has 0 atom stereocenters. The average Bonchev–Trinajstić information content (AvgIpc) is 2.53. The second-order valence-corrected chi connectivity index (χ2v) is 4.74. The van der Waals surface area contributed by atoms with E-state index >= 15 is 0 Å². The van der Waals surface area contributed by atoms with E-state index in [1.165, 1.54) is 6.07 Å². The third kappa shape index (κ3) is 2.72. The van der Waals surface area contributed by atoms with Crippen LogP contribution in [0, 0.1) is 5.82 Å². The number of nitrogens with two attached hydrogens (primary N) is 1. The van der Waals surface area contributed by atoms with Crippen LogP contribution in [0.25, 0.3) is 11.1 Å². The second kappa shape index (κ2) is 5.67. The van der Waals surface area contributed by atoms with E-state index in [0.717, 1.165) is 16.8 Å². The van der Waals surface area contributed by atoms with Gasteiger partial charge in [0.05, 0.1) is 11.4 Å². The van der Waals surface area contributed by atoms with E-state index in [4.69, 9.17) is 5.73 Å². The van der Waals surface area contributed by atoms with Gasteiger partial charge in [-0.15, -0.1) is 0 Å². The highest BCUT2D eigenvalue weighted by Crippen LogP contribution is 2.32. The highest BCUT2D eigenvalue weighted by atomic mass is 19.1. The number of nitrogen functional groups attached to an aromatic ring is 1. The number of halogens is 1. The lowest BCUT2D eigenvalue weighted by Gasteiger charge is -2.14. The van der Waals surface area contributed by atoms with Crippen LogP contribution >= 0.6 is 0 Å². The summed E-state index contributed by atoms with van der Waals surface area (Å²) in [7, 11) is 0. The van der Waals surface area contributed by atoms with Gasteiger partial charge in [-0.05, 0) is 23.8 Å². The van der Waals surface area contributed by atoms with Crippen molar-refractivity contribution in [3.63, 3.8) is 0 Å². The molecule has 3 heteroatoms. The van der Waals surface area contributed by atoms with Crippen LogP contribution < -0.4 is 11.1 Å². The standard InChI is InChI=1S/C18H15FN2/c19-15-10-6-12-17(18(15)20)21-16-11-5-4-9-14(16)13-7-2-1-3-8-13/h1-12,21H,20H2. The Kier molecular flexibility index (Phi) is 3.56. The zero-order valence-electron chi connectivity index (χ0n) is 11.4. The monoisotopic (exact) mass is 278 g/mol. The lowest BCUT2D eigenvalue weighted by molar-refractivity contribution is 0.633. The summed E-state index contributed by atoms with van der Waals surface area (Å²) < 4.78 is 13.5. The minimum atomic E-state index is -0.419. The average molecular weight is 278 g/mol. The maximum Gasteiger partial charge on any atom is 0.148 e. The van der Waals surface area contributed by atoms with E-state index in [1.807, 2.05) is 54.6 Å². The van der Waals surface area contributed by atoms with Gasteiger partial charge in [0.2, 0.25) is 0 Å². The molecule has 0 heterocycles. The Morgan fingerprint density at radius 2 is 1.38 bits per heavy atom. The van der Waals surface area contributed by atoms with Gasteiger partial charge in [-0.1, -0.05) is 54.6 Å².